The van der Waals surface area contributed by atoms with Crippen molar-refractivity contribution in [3.05, 3.63) is 12.2 Å². The van der Waals surface area contributed by atoms with Gasteiger partial charge in [-0.3, -0.25) is 4.79 Å². The molecule has 0 fully saturated rings. The molecule has 0 radical (unpaired) electrons. The Morgan fingerprint density at radius 2 is 1.75 bits per heavy atom. The van der Waals surface area contributed by atoms with Crippen molar-refractivity contribution < 1.29 is 22.7 Å². The van der Waals surface area contributed by atoms with Crippen LogP contribution in [0.15, 0.2) is 12.2 Å². The van der Waals surface area contributed by atoms with Crippen molar-refractivity contribution in [2.24, 2.45) is 11.8 Å². The zero-order valence-electron chi connectivity index (χ0n) is 12.9. The van der Waals surface area contributed by atoms with Crippen LogP contribution < -0.4 is 0 Å². The molecule has 0 heterocycles. The third-order valence-electron chi connectivity index (χ3n) is 2.85. The van der Waals surface area contributed by atoms with Crippen LogP contribution in [0.1, 0.15) is 53.9 Å². The van der Waals surface area contributed by atoms with Gasteiger partial charge in [-0.2, -0.15) is 13.2 Å². The Morgan fingerprint density at radius 1 is 1.25 bits per heavy atom. The van der Waals surface area contributed by atoms with Gasteiger partial charge in [-0.25, -0.2) is 0 Å². The first-order chi connectivity index (χ1) is 8.82. The highest BCUT2D eigenvalue weighted by molar-refractivity contribution is 5.73. The van der Waals surface area contributed by atoms with Gasteiger partial charge in [0, 0.05) is 6.42 Å². The molecule has 0 N–H and O–H groups in total. The number of halogens is 3. The van der Waals surface area contributed by atoms with Crippen molar-refractivity contribution in [1.29, 1.82) is 0 Å². The van der Waals surface area contributed by atoms with Crippen molar-refractivity contribution in [1.82, 2.24) is 0 Å². The number of ether oxygens (including phenoxy) is 1. The second-order valence-corrected chi connectivity index (χ2v) is 6.43. The zero-order chi connectivity index (χ0) is 16.1. The number of esters is 1. The van der Waals surface area contributed by atoms with E-state index >= 15 is 0 Å². The number of allylic oxidation sites excluding steroid dienone is 1. The second kappa shape index (κ2) is 7.14. The van der Waals surface area contributed by atoms with E-state index in [1.165, 1.54) is 0 Å². The summed E-state index contributed by atoms with van der Waals surface area (Å²) in [6.45, 7) is 12.4. The zero-order valence-corrected chi connectivity index (χ0v) is 12.9. The molecule has 0 rings (SSSR count). The molecule has 0 aromatic heterocycles. The average molecular weight is 294 g/mol. The summed E-state index contributed by atoms with van der Waals surface area (Å²) in [5, 5.41) is 0. The summed E-state index contributed by atoms with van der Waals surface area (Å²) in [6.07, 6.45) is -4.81. The Balaban J connectivity index is 4.78. The molecule has 2 atom stereocenters. The lowest BCUT2D eigenvalue weighted by molar-refractivity contribution is -0.164. The van der Waals surface area contributed by atoms with Gasteiger partial charge in [-0.05, 0) is 46.5 Å². The summed E-state index contributed by atoms with van der Waals surface area (Å²) in [7, 11) is 0. The van der Waals surface area contributed by atoms with Crippen molar-refractivity contribution in [2.75, 3.05) is 0 Å². The standard InChI is InChI=1S/C15H25F3O2/c1-10(2)9-12(13(19)20-14(4,5)6)11(3)7-8-15(16,17)18/h11-12H,1,7-9H2,2-6H3/t11-,12-/m1/s1. The maximum Gasteiger partial charge on any atom is 0.389 e. The monoisotopic (exact) mass is 294 g/mol. The molecule has 0 aliphatic carbocycles. The average Bonchev–Trinajstić information content (AvgIpc) is 2.18. The Morgan fingerprint density at radius 3 is 2.10 bits per heavy atom. The fraction of sp³-hybridized carbons (Fsp3) is 0.800. The summed E-state index contributed by atoms with van der Waals surface area (Å²) in [5.41, 5.74) is 0.119. The molecule has 0 aromatic carbocycles. The van der Waals surface area contributed by atoms with Gasteiger partial charge in [0.1, 0.15) is 5.60 Å². The van der Waals surface area contributed by atoms with Gasteiger partial charge in [0.2, 0.25) is 0 Å². The summed E-state index contributed by atoms with van der Waals surface area (Å²) in [6, 6.07) is 0. The molecule has 0 saturated heterocycles. The highest BCUT2D eigenvalue weighted by Crippen LogP contribution is 2.31. The van der Waals surface area contributed by atoms with E-state index in [0.717, 1.165) is 5.57 Å². The molecule has 5 heteroatoms. The molecule has 0 saturated carbocycles. The first kappa shape index (κ1) is 19.0. The quantitative estimate of drug-likeness (QED) is 0.515. The number of carbonyl (C=O) groups is 1. The van der Waals surface area contributed by atoms with Crippen LogP contribution in [0.3, 0.4) is 0 Å². The summed E-state index contributed by atoms with van der Waals surface area (Å²) >= 11 is 0. The van der Waals surface area contributed by atoms with Gasteiger partial charge in [0.25, 0.3) is 0 Å². The topological polar surface area (TPSA) is 26.3 Å². The number of rotatable bonds is 6. The fourth-order valence-corrected chi connectivity index (χ4v) is 1.86. The minimum atomic E-state index is -4.20. The Kier molecular flexibility index (Phi) is 6.78. The van der Waals surface area contributed by atoms with Crippen molar-refractivity contribution in [3.63, 3.8) is 0 Å². The van der Waals surface area contributed by atoms with E-state index in [2.05, 4.69) is 6.58 Å². The van der Waals surface area contributed by atoms with E-state index in [9.17, 15) is 18.0 Å². The first-order valence-corrected chi connectivity index (χ1v) is 6.76. The molecule has 20 heavy (non-hydrogen) atoms. The molecule has 0 aliphatic heterocycles. The van der Waals surface area contributed by atoms with E-state index < -0.39 is 36.0 Å². The largest absolute Gasteiger partial charge is 0.460 e. The van der Waals surface area contributed by atoms with Gasteiger partial charge in [0.15, 0.2) is 0 Å². The predicted octanol–water partition coefficient (Wildman–Crippen LogP) is 4.89. The van der Waals surface area contributed by atoms with E-state index in [1.807, 2.05) is 0 Å². The molecule has 0 bridgehead atoms. The minimum absolute atomic E-state index is 0.0826. The molecular formula is C15H25F3O2. The van der Waals surface area contributed by atoms with Gasteiger partial charge in [-0.15, -0.1) is 6.58 Å². The molecular weight excluding hydrogens is 269 g/mol. The van der Waals surface area contributed by atoms with Gasteiger partial charge in [-0.1, -0.05) is 12.5 Å². The van der Waals surface area contributed by atoms with Crippen LogP contribution >= 0.6 is 0 Å². The number of hydrogen-bond acceptors (Lipinski definition) is 2. The molecule has 0 amide bonds. The number of carbonyl (C=O) groups excluding carboxylic acids is 1. The SMILES string of the molecule is C=C(C)C[C@@H](C(=O)OC(C)(C)C)[C@H](C)CCC(F)(F)F. The van der Waals surface area contributed by atoms with Crippen LogP contribution in [-0.2, 0) is 9.53 Å². The lowest BCUT2D eigenvalue weighted by Crippen LogP contribution is -2.32. The highest BCUT2D eigenvalue weighted by Gasteiger charge is 2.33. The Bertz CT molecular complexity index is 340. The van der Waals surface area contributed by atoms with E-state index in [1.54, 1.807) is 34.6 Å². The van der Waals surface area contributed by atoms with Crippen molar-refractivity contribution in [2.45, 2.75) is 65.7 Å². The number of hydrogen-bond donors (Lipinski definition) is 0. The van der Waals surface area contributed by atoms with Gasteiger partial charge in [0.05, 0.1) is 5.92 Å². The maximum absolute atomic E-state index is 12.3. The van der Waals surface area contributed by atoms with Crippen LogP contribution in [0.2, 0.25) is 0 Å². The molecule has 0 unspecified atom stereocenters. The maximum atomic E-state index is 12.3. The summed E-state index contributed by atoms with van der Waals surface area (Å²) < 4.78 is 42.1. The third kappa shape index (κ3) is 8.99. The summed E-state index contributed by atoms with van der Waals surface area (Å²) in [5.74, 6) is -1.42. The van der Waals surface area contributed by atoms with Crippen LogP contribution in [0.4, 0.5) is 13.2 Å². The predicted molar refractivity (Wildman–Crippen MR) is 73.2 cm³/mol. The van der Waals surface area contributed by atoms with Crippen LogP contribution in [-0.4, -0.2) is 17.7 Å². The van der Waals surface area contributed by atoms with E-state index in [0.29, 0.717) is 6.42 Å². The van der Waals surface area contributed by atoms with Crippen molar-refractivity contribution >= 4 is 5.97 Å². The van der Waals surface area contributed by atoms with E-state index in [-0.39, 0.29) is 6.42 Å². The number of alkyl halides is 3. The van der Waals surface area contributed by atoms with E-state index in [4.69, 9.17) is 4.74 Å². The van der Waals surface area contributed by atoms with Crippen molar-refractivity contribution in [3.8, 4) is 0 Å². The lowest BCUT2D eigenvalue weighted by atomic mass is 9.85. The third-order valence-corrected chi connectivity index (χ3v) is 2.85. The first-order valence-electron chi connectivity index (χ1n) is 6.76. The highest BCUT2D eigenvalue weighted by atomic mass is 19.4. The fourth-order valence-electron chi connectivity index (χ4n) is 1.86. The van der Waals surface area contributed by atoms with Crippen LogP contribution in [0.25, 0.3) is 0 Å². The minimum Gasteiger partial charge on any atom is -0.460 e. The Hall–Kier alpha value is -1.00. The van der Waals surface area contributed by atoms with Crippen LogP contribution in [0.5, 0.6) is 0 Å². The normalized spacial score (nSPS) is 15.6. The molecule has 0 spiro atoms. The Labute approximate surface area is 119 Å². The summed E-state index contributed by atoms with van der Waals surface area (Å²) in [4.78, 5) is 12.1. The smallest absolute Gasteiger partial charge is 0.389 e. The molecule has 0 aromatic rings. The van der Waals surface area contributed by atoms with Crippen LogP contribution in [0, 0.1) is 11.8 Å². The lowest BCUT2D eigenvalue weighted by Gasteiger charge is -2.27. The molecule has 118 valence electrons. The molecule has 2 nitrogen and oxygen atoms in total. The van der Waals surface area contributed by atoms with Gasteiger partial charge >= 0.3 is 12.1 Å². The van der Waals surface area contributed by atoms with Gasteiger partial charge < -0.3 is 4.74 Å². The second-order valence-electron chi connectivity index (χ2n) is 6.43. The molecule has 0 aliphatic rings.